The predicted molar refractivity (Wildman–Crippen MR) is 333 cm³/mol. The van der Waals surface area contributed by atoms with Gasteiger partial charge in [0.15, 0.2) is 5.96 Å². The zero-order valence-corrected chi connectivity index (χ0v) is 51.2. The molecule has 0 aliphatic carbocycles. The SMILES string of the molecule is CCCC[C@H](NC(C)=O)C(=O)N[C@H]1CC(=O)NCCCC[C@@H](C(=O)N[C@@H](C(=O)N2CCC[C@@H]2C(N)=O)C(C)C)NC(=O)[C@H](Cc2c[nH]c3ccccc23)NC(=O)C(CCCN=C(N)N)NC(=O)[C@@H](Cc2ccc3ccccc3c2)NC(=O)[C@@H]2CCCN2C1=O. The number of nitrogens with zero attached hydrogens (tertiary/aromatic N) is 3. The molecule has 4 aromatic rings. The molecule has 3 aliphatic heterocycles. The average Bonchev–Trinajstić information content (AvgIpc) is 2.92. The van der Waals surface area contributed by atoms with Gasteiger partial charge in [0.1, 0.15) is 54.4 Å². The third kappa shape index (κ3) is 18.7. The fourth-order valence-electron chi connectivity index (χ4n) is 11.8. The number of amides is 11. The van der Waals surface area contributed by atoms with E-state index in [1.54, 1.807) is 26.1 Å². The number of rotatable bonds is 19. The summed E-state index contributed by atoms with van der Waals surface area (Å²) in [5.41, 5.74) is 19.0. The van der Waals surface area contributed by atoms with Gasteiger partial charge in [0, 0.05) is 63.0 Å². The first-order valence-electron chi connectivity index (χ1n) is 31.0. The summed E-state index contributed by atoms with van der Waals surface area (Å²) in [6.45, 7) is 6.93. The smallest absolute Gasteiger partial charge is 0.246 e. The number of aromatic nitrogens is 1. The second-order valence-corrected chi connectivity index (χ2v) is 23.7. The number of hydrogen-bond acceptors (Lipinski definition) is 12. The van der Waals surface area contributed by atoms with Crippen LogP contribution >= 0.6 is 0 Å². The van der Waals surface area contributed by atoms with Gasteiger partial charge in [0.25, 0.3) is 0 Å². The van der Waals surface area contributed by atoms with Crippen molar-refractivity contribution in [2.24, 2.45) is 28.1 Å². The van der Waals surface area contributed by atoms with Crippen LogP contribution in [0.2, 0.25) is 0 Å². The highest BCUT2D eigenvalue weighted by atomic mass is 16.2. The van der Waals surface area contributed by atoms with E-state index >= 15 is 14.4 Å². The Morgan fingerprint density at radius 1 is 0.730 bits per heavy atom. The van der Waals surface area contributed by atoms with Crippen molar-refractivity contribution in [2.75, 3.05) is 26.2 Å². The highest BCUT2D eigenvalue weighted by Crippen LogP contribution is 2.25. The van der Waals surface area contributed by atoms with Gasteiger partial charge in [-0.25, -0.2) is 0 Å². The molecule has 4 heterocycles. The summed E-state index contributed by atoms with van der Waals surface area (Å²) in [6.07, 6.45) is 4.11. The zero-order chi connectivity index (χ0) is 64.3. The van der Waals surface area contributed by atoms with Gasteiger partial charge in [0.2, 0.25) is 65.0 Å². The van der Waals surface area contributed by atoms with Gasteiger partial charge in [-0.3, -0.25) is 57.7 Å². The monoisotopic (exact) mass is 1230 g/mol. The second-order valence-electron chi connectivity index (χ2n) is 23.7. The van der Waals surface area contributed by atoms with Gasteiger partial charge >= 0.3 is 0 Å². The number of H-pyrrole nitrogens is 1. The molecule has 1 unspecified atom stereocenters. The molecule has 1 aromatic heterocycles. The summed E-state index contributed by atoms with van der Waals surface area (Å²) in [5.74, 6) is -8.45. The molecule has 3 fully saturated rings. The molecule has 89 heavy (non-hydrogen) atoms. The minimum Gasteiger partial charge on any atom is -0.370 e. The summed E-state index contributed by atoms with van der Waals surface area (Å²) < 4.78 is 0. The number of para-hydroxylation sites is 1. The van der Waals surface area contributed by atoms with Crippen LogP contribution in [0.4, 0.5) is 0 Å². The minimum atomic E-state index is -1.53. The first-order chi connectivity index (χ1) is 42.6. The number of guanidine groups is 1. The number of benzene rings is 3. The highest BCUT2D eigenvalue weighted by Gasteiger charge is 2.42. The standard InChI is InChI=1S/C63H87N15O11/c1-5-6-19-44(70-37(4)79)55(82)75-49-34-52(80)67-27-12-11-21-45(57(84)76-53(36(2)3)62(89)77-29-14-23-50(77)54(64)81)71-59(86)48(33-41-35-69-43-20-10-9-18-42(41)43)73-56(83)46(22-13-28-68-63(65)66)72-58(85)47(74-60(87)51-24-15-30-78(51)61(49)88)32-38-25-26-39-16-7-8-17-40(39)31-38/h7-10,16-18,20,25-26,31,35-36,44-51,53,69H,5-6,11-15,19,21-24,27-30,32-34H2,1-4H3,(H2,64,81)(H,67,80)(H,70,79)(H,71,86)(H,72,85)(H,73,83)(H,74,87)(H,75,82)(H,76,84)(H4,65,66,68)/t44-,45-,46?,47+,48-,49-,50+,51-,53+/m0/s1. The molecular weight excluding hydrogens is 1140 g/mol. The molecule has 3 aromatic carbocycles. The molecule has 480 valence electrons. The average molecular weight is 1230 g/mol. The number of unbranched alkanes of at least 4 members (excludes halogenated alkanes) is 1. The van der Waals surface area contributed by atoms with E-state index in [4.69, 9.17) is 17.2 Å². The van der Waals surface area contributed by atoms with Crippen LogP contribution in [-0.2, 0) is 65.6 Å². The van der Waals surface area contributed by atoms with E-state index in [-0.39, 0.29) is 89.9 Å². The summed E-state index contributed by atoms with van der Waals surface area (Å²) in [7, 11) is 0. The quantitative estimate of drug-likeness (QED) is 0.0348. The normalized spacial score (nSPS) is 22.6. The Hall–Kier alpha value is -9.10. The van der Waals surface area contributed by atoms with Gasteiger partial charge in [0.05, 0.1) is 6.42 Å². The highest BCUT2D eigenvalue weighted by molar-refractivity contribution is 6.00. The fraction of sp³-hybridized carbons (Fsp3) is 0.524. The van der Waals surface area contributed by atoms with Crippen LogP contribution in [0.15, 0.2) is 77.9 Å². The molecule has 0 bridgehead atoms. The van der Waals surface area contributed by atoms with E-state index < -0.39 is 132 Å². The first kappa shape index (κ1) is 67.4. The Kier molecular flexibility index (Phi) is 24.4. The van der Waals surface area contributed by atoms with Crippen LogP contribution in [-0.4, -0.2) is 166 Å². The lowest BCUT2D eigenvalue weighted by molar-refractivity contribution is -0.143. The molecule has 15 N–H and O–H groups in total. The van der Waals surface area contributed by atoms with Crippen LogP contribution in [0.5, 0.6) is 0 Å². The number of likely N-dealkylation sites (tertiary alicyclic amines) is 1. The van der Waals surface area contributed by atoms with Crippen LogP contribution in [0.25, 0.3) is 21.7 Å². The lowest BCUT2D eigenvalue weighted by Crippen LogP contribution is -2.61. The third-order valence-corrected chi connectivity index (χ3v) is 16.5. The number of nitrogens with two attached hydrogens (primary N) is 3. The lowest BCUT2D eigenvalue weighted by Gasteiger charge is -2.31. The fourth-order valence-corrected chi connectivity index (χ4v) is 11.8. The third-order valence-electron chi connectivity index (χ3n) is 16.5. The van der Waals surface area contributed by atoms with Gasteiger partial charge in [-0.1, -0.05) is 94.3 Å². The number of aromatic amines is 1. The van der Waals surface area contributed by atoms with Gasteiger partial charge in [-0.2, -0.15) is 0 Å². The van der Waals surface area contributed by atoms with Gasteiger partial charge in [-0.05, 0) is 98.1 Å². The Balaban J connectivity index is 1.28. The van der Waals surface area contributed by atoms with E-state index in [2.05, 4.69) is 52.5 Å². The molecule has 26 heteroatoms. The van der Waals surface area contributed by atoms with Crippen molar-refractivity contribution in [2.45, 2.75) is 178 Å². The minimum absolute atomic E-state index is 0.00421. The maximum atomic E-state index is 15.1. The van der Waals surface area contributed by atoms with Crippen molar-refractivity contribution in [3.63, 3.8) is 0 Å². The molecule has 9 atom stereocenters. The van der Waals surface area contributed by atoms with E-state index in [1.807, 2.05) is 67.6 Å². The lowest BCUT2D eigenvalue weighted by atomic mass is 9.99. The van der Waals surface area contributed by atoms with Crippen LogP contribution in [0.1, 0.15) is 122 Å². The molecule has 7 rings (SSSR count). The largest absolute Gasteiger partial charge is 0.370 e. The van der Waals surface area contributed by atoms with E-state index in [0.717, 1.165) is 21.7 Å². The second kappa shape index (κ2) is 32.2. The molecule has 3 aliphatic rings. The van der Waals surface area contributed by atoms with E-state index in [0.29, 0.717) is 43.2 Å². The molecular formula is C63H87N15O11. The Morgan fingerprint density at radius 2 is 1.42 bits per heavy atom. The maximum Gasteiger partial charge on any atom is 0.246 e. The Morgan fingerprint density at radius 3 is 2.15 bits per heavy atom. The topological polar surface area (TPSA) is 397 Å². The predicted octanol–water partition coefficient (Wildman–Crippen LogP) is 0.577. The summed E-state index contributed by atoms with van der Waals surface area (Å²) in [4.78, 5) is 167. The molecule has 26 nitrogen and oxygen atoms in total. The molecule has 0 saturated carbocycles. The maximum absolute atomic E-state index is 15.1. The molecule has 0 spiro atoms. The molecule has 11 amide bonds. The van der Waals surface area contributed by atoms with Crippen LogP contribution in [0, 0.1) is 5.92 Å². The van der Waals surface area contributed by atoms with Crippen LogP contribution < -0.4 is 59.7 Å². The van der Waals surface area contributed by atoms with E-state index in [9.17, 15) is 38.4 Å². The van der Waals surface area contributed by atoms with Crippen LogP contribution in [0.3, 0.4) is 0 Å². The van der Waals surface area contributed by atoms with Crippen molar-refractivity contribution < 1.29 is 52.7 Å². The number of fused-ring (bicyclic) bond motifs is 3. The number of hydrogen-bond donors (Lipinski definition) is 12. The van der Waals surface area contributed by atoms with Crippen molar-refractivity contribution >= 4 is 92.6 Å². The number of primary amides is 1. The number of carbonyl (C=O) groups excluding carboxylic acids is 11. The summed E-state index contributed by atoms with van der Waals surface area (Å²) in [6, 6.07) is 9.02. The van der Waals surface area contributed by atoms with Gasteiger partial charge < -0.3 is 74.5 Å². The number of carbonyl (C=O) groups is 11. The molecule has 3 saturated heterocycles. The zero-order valence-electron chi connectivity index (χ0n) is 51.2. The van der Waals surface area contributed by atoms with Crippen molar-refractivity contribution in [3.05, 3.63) is 84.1 Å². The first-order valence-corrected chi connectivity index (χ1v) is 31.0. The summed E-state index contributed by atoms with van der Waals surface area (Å²) >= 11 is 0. The Labute approximate surface area is 517 Å². The van der Waals surface area contributed by atoms with E-state index in [1.165, 1.54) is 16.7 Å². The van der Waals surface area contributed by atoms with Crippen molar-refractivity contribution in [3.8, 4) is 0 Å². The number of aliphatic imine (C=N–C) groups is 1. The van der Waals surface area contributed by atoms with Gasteiger partial charge in [-0.15, -0.1) is 0 Å². The number of nitrogens with one attached hydrogen (secondary N) is 9. The molecule has 0 radical (unpaired) electrons. The Bertz CT molecular complexity index is 3250. The van der Waals surface area contributed by atoms with Crippen molar-refractivity contribution in [1.82, 2.24) is 57.3 Å². The van der Waals surface area contributed by atoms with Crippen molar-refractivity contribution in [1.29, 1.82) is 0 Å². The summed E-state index contributed by atoms with van der Waals surface area (Å²) in [5, 5.41) is 24.9.